The van der Waals surface area contributed by atoms with Gasteiger partial charge in [0.25, 0.3) is 5.56 Å². The number of hydrogen-bond donors (Lipinski definition) is 1. The highest BCUT2D eigenvalue weighted by atomic mass is 16.5. The normalized spacial score (nSPS) is 10.7. The molecule has 0 aliphatic heterocycles. The predicted octanol–water partition coefficient (Wildman–Crippen LogP) is 3.63. The Morgan fingerprint density at radius 3 is 2.60 bits per heavy atom. The first kappa shape index (κ1) is 19.4. The van der Waals surface area contributed by atoms with Gasteiger partial charge >= 0.3 is 0 Å². The van der Waals surface area contributed by atoms with Gasteiger partial charge in [-0.1, -0.05) is 42.5 Å². The van der Waals surface area contributed by atoms with Gasteiger partial charge in [0.2, 0.25) is 5.91 Å². The minimum absolute atomic E-state index is 0.0953. The third kappa shape index (κ3) is 4.22. The lowest BCUT2D eigenvalue weighted by Crippen LogP contribution is -2.28. The number of nitrogens with zero attached hydrogens (tertiary/aromatic N) is 2. The number of carbonyl (C=O) groups excluding carboxylic acids is 1. The van der Waals surface area contributed by atoms with E-state index in [9.17, 15) is 9.59 Å². The fourth-order valence-electron chi connectivity index (χ4n) is 3.43. The molecule has 4 rings (SSSR count). The van der Waals surface area contributed by atoms with Crippen molar-refractivity contribution in [1.29, 1.82) is 0 Å². The molecule has 1 heterocycles. The molecule has 0 bridgehead atoms. The Kier molecular flexibility index (Phi) is 5.57. The molecular formula is C24H21N3O3. The van der Waals surface area contributed by atoms with Gasteiger partial charge in [0.1, 0.15) is 12.3 Å². The Hall–Kier alpha value is -3.93. The van der Waals surface area contributed by atoms with Crippen LogP contribution in [0.4, 0.5) is 5.69 Å². The molecule has 0 unspecified atom stereocenters. The van der Waals surface area contributed by atoms with Crippen LogP contribution in [0, 0.1) is 0 Å². The lowest BCUT2D eigenvalue weighted by Gasteiger charge is -2.13. The summed E-state index contributed by atoms with van der Waals surface area (Å²) < 4.78 is 6.89. The van der Waals surface area contributed by atoms with Gasteiger partial charge in [0.15, 0.2) is 0 Å². The van der Waals surface area contributed by atoms with Gasteiger partial charge in [-0.15, -0.1) is 0 Å². The summed E-state index contributed by atoms with van der Waals surface area (Å²) in [5, 5.41) is 2.89. The van der Waals surface area contributed by atoms with Crippen LogP contribution in [0.15, 0.2) is 83.8 Å². The molecule has 1 amide bonds. The number of fused-ring (bicyclic) bond motifs is 1. The predicted molar refractivity (Wildman–Crippen MR) is 117 cm³/mol. The average molecular weight is 399 g/mol. The second-order valence-electron chi connectivity index (χ2n) is 6.91. The van der Waals surface area contributed by atoms with Crippen molar-refractivity contribution in [1.82, 2.24) is 9.55 Å². The molecule has 0 atom stereocenters. The molecule has 30 heavy (non-hydrogen) atoms. The minimum Gasteiger partial charge on any atom is -0.496 e. The number of carbonyl (C=O) groups is 1. The number of nitrogens with one attached hydrogen (secondary N) is 1. The lowest BCUT2D eigenvalue weighted by atomic mass is 10.0. The largest absolute Gasteiger partial charge is 0.496 e. The average Bonchev–Trinajstić information content (AvgIpc) is 2.77. The van der Waals surface area contributed by atoms with E-state index in [2.05, 4.69) is 10.3 Å². The van der Waals surface area contributed by atoms with E-state index in [1.807, 2.05) is 60.7 Å². The SMILES string of the molecule is COc1ccc(NC(=O)Cn2c(=O)cnc3ccccc32)cc1Cc1ccccc1. The van der Waals surface area contributed by atoms with Crippen molar-refractivity contribution in [2.45, 2.75) is 13.0 Å². The number of rotatable bonds is 6. The zero-order chi connectivity index (χ0) is 20.9. The summed E-state index contributed by atoms with van der Waals surface area (Å²) in [5.74, 6) is 0.470. The molecule has 0 fully saturated rings. The van der Waals surface area contributed by atoms with Gasteiger partial charge in [-0.25, -0.2) is 4.98 Å². The van der Waals surface area contributed by atoms with Gasteiger partial charge in [-0.3, -0.25) is 14.2 Å². The van der Waals surface area contributed by atoms with E-state index < -0.39 is 0 Å². The molecule has 0 aliphatic rings. The van der Waals surface area contributed by atoms with Crippen molar-refractivity contribution in [3.8, 4) is 5.75 Å². The van der Waals surface area contributed by atoms with E-state index in [-0.39, 0.29) is 18.0 Å². The number of benzene rings is 3. The molecule has 4 aromatic rings. The zero-order valence-electron chi connectivity index (χ0n) is 16.5. The molecule has 1 N–H and O–H groups in total. The van der Waals surface area contributed by atoms with E-state index >= 15 is 0 Å². The van der Waals surface area contributed by atoms with Crippen LogP contribution in [0.25, 0.3) is 11.0 Å². The molecule has 1 aromatic heterocycles. The van der Waals surface area contributed by atoms with Crippen LogP contribution in [0.5, 0.6) is 5.75 Å². The summed E-state index contributed by atoms with van der Waals surface area (Å²) in [4.78, 5) is 29.1. The quantitative estimate of drug-likeness (QED) is 0.537. The Labute approximate surface area is 173 Å². The number of ether oxygens (including phenoxy) is 1. The van der Waals surface area contributed by atoms with E-state index in [0.29, 0.717) is 23.1 Å². The smallest absolute Gasteiger partial charge is 0.269 e. The first-order chi connectivity index (χ1) is 14.6. The maximum atomic E-state index is 12.7. The number of para-hydroxylation sites is 2. The summed E-state index contributed by atoms with van der Waals surface area (Å²) in [6.07, 6.45) is 1.92. The van der Waals surface area contributed by atoms with Crippen LogP contribution in [0.3, 0.4) is 0 Å². The van der Waals surface area contributed by atoms with Gasteiger partial charge < -0.3 is 10.1 Å². The Balaban J connectivity index is 1.56. The first-order valence-electron chi connectivity index (χ1n) is 9.59. The van der Waals surface area contributed by atoms with E-state index in [4.69, 9.17) is 4.74 Å². The minimum atomic E-state index is -0.316. The zero-order valence-corrected chi connectivity index (χ0v) is 16.5. The second-order valence-corrected chi connectivity index (χ2v) is 6.91. The number of anilines is 1. The summed E-state index contributed by atoms with van der Waals surface area (Å²) in [6, 6.07) is 22.8. The van der Waals surface area contributed by atoms with Crippen molar-refractivity contribution in [3.05, 3.63) is 100 Å². The van der Waals surface area contributed by atoms with Crippen molar-refractivity contribution in [2.24, 2.45) is 0 Å². The number of hydrogen-bond acceptors (Lipinski definition) is 4. The molecule has 6 nitrogen and oxygen atoms in total. The molecule has 0 saturated heterocycles. The van der Waals surface area contributed by atoms with Gasteiger partial charge in [0.05, 0.1) is 24.3 Å². The summed E-state index contributed by atoms with van der Waals surface area (Å²) in [7, 11) is 1.63. The third-order valence-corrected chi connectivity index (χ3v) is 4.86. The maximum Gasteiger partial charge on any atom is 0.269 e. The second kappa shape index (κ2) is 8.61. The van der Waals surface area contributed by atoms with Crippen LogP contribution in [0.2, 0.25) is 0 Å². The molecule has 150 valence electrons. The molecule has 6 heteroatoms. The molecule has 3 aromatic carbocycles. The van der Waals surface area contributed by atoms with E-state index in [1.54, 1.807) is 19.2 Å². The number of amides is 1. The van der Waals surface area contributed by atoms with E-state index in [1.165, 1.54) is 10.8 Å². The molecule has 0 radical (unpaired) electrons. The molecule has 0 spiro atoms. The van der Waals surface area contributed by atoms with Gasteiger partial charge in [-0.2, -0.15) is 0 Å². The summed E-state index contributed by atoms with van der Waals surface area (Å²) >= 11 is 0. The van der Waals surface area contributed by atoms with Crippen molar-refractivity contribution < 1.29 is 9.53 Å². The Bertz CT molecular complexity index is 1250. The highest BCUT2D eigenvalue weighted by molar-refractivity contribution is 5.91. The summed E-state index contributed by atoms with van der Waals surface area (Å²) in [6.45, 7) is -0.0953. The van der Waals surface area contributed by atoms with Crippen molar-refractivity contribution in [3.63, 3.8) is 0 Å². The topological polar surface area (TPSA) is 73.2 Å². The van der Waals surface area contributed by atoms with E-state index in [0.717, 1.165) is 16.9 Å². The van der Waals surface area contributed by atoms with Crippen LogP contribution in [-0.2, 0) is 17.8 Å². The number of methoxy groups -OCH3 is 1. The van der Waals surface area contributed by atoms with Crippen molar-refractivity contribution in [2.75, 3.05) is 12.4 Å². The molecular weight excluding hydrogens is 378 g/mol. The van der Waals surface area contributed by atoms with Crippen molar-refractivity contribution >= 4 is 22.6 Å². The lowest BCUT2D eigenvalue weighted by molar-refractivity contribution is -0.116. The van der Waals surface area contributed by atoms with Crippen LogP contribution in [-0.4, -0.2) is 22.6 Å². The Morgan fingerprint density at radius 2 is 1.80 bits per heavy atom. The molecule has 0 saturated carbocycles. The van der Waals surface area contributed by atoms with Crippen LogP contribution in [0.1, 0.15) is 11.1 Å². The maximum absolute atomic E-state index is 12.7. The van der Waals surface area contributed by atoms with Gasteiger partial charge in [-0.05, 0) is 35.9 Å². The number of aromatic nitrogens is 2. The highest BCUT2D eigenvalue weighted by Gasteiger charge is 2.11. The monoisotopic (exact) mass is 399 g/mol. The van der Waals surface area contributed by atoms with Crippen LogP contribution < -0.4 is 15.6 Å². The van der Waals surface area contributed by atoms with Crippen LogP contribution >= 0.6 is 0 Å². The highest BCUT2D eigenvalue weighted by Crippen LogP contribution is 2.25. The first-order valence-corrected chi connectivity index (χ1v) is 9.59. The molecule has 0 aliphatic carbocycles. The van der Waals surface area contributed by atoms with Gasteiger partial charge in [0, 0.05) is 17.7 Å². The third-order valence-electron chi connectivity index (χ3n) is 4.86. The summed E-state index contributed by atoms with van der Waals surface area (Å²) in [5.41, 5.74) is 3.74. The fraction of sp³-hybridized carbons (Fsp3) is 0.125. The Morgan fingerprint density at radius 1 is 1.03 bits per heavy atom. The fourth-order valence-corrected chi connectivity index (χ4v) is 3.43. The standard InChI is InChI=1S/C24H21N3O3/c1-30-22-12-11-19(14-18(22)13-17-7-3-2-4-8-17)26-23(28)16-27-21-10-6-5-9-20(21)25-15-24(27)29/h2-12,14-15H,13,16H2,1H3,(H,26,28).